The number of hydrogen-bond donors (Lipinski definition) is 1. The number of nitrogens with two attached hydrogens (primary N) is 1. The predicted molar refractivity (Wildman–Crippen MR) is 115 cm³/mol. The van der Waals surface area contributed by atoms with Crippen LogP contribution in [-0.2, 0) is 16.9 Å². The van der Waals surface area contributed by atoms with Gasteiger partial charge in [-0.3, -0.25) is 9.59 Å². The molecule has 1 unspecified atom stereocenters. The van der Waals surface area contributed by atoms with Crippen molar-refractivity contribution in [1.29, 1.82) is 0 Å². The van der Waals surface area contributed by atoms with Gasteiger partial charge in [-0.05, 0) is 42.7 Å². The fourth-order valence-corrected chi connectivity index (χ4v) is 4.68. The largest absolute Gasteiger partial charge is 0.496 e. The maximum absolute atomic E-state index is 13.8. The van der Waals surface area contributed by atoms with Crippen LogP contribution in [0.15, 0.2) is 60.7 Å². The summed E-state index contributed by atoms with van der Waals surface area (Å²) in [5.74, 6) is -1.12. The summed E-state index contributed by atoms with van der Waals surface area (Å²) in [6.45, 7) is 3.82. The number of aryl methyl sites for hydroxylation is 2. The second kappa shape index (κ2) is 7.54. The standard InChI is InChI=1S/C25H23FN2O3/c1-15-7-6-8-16(2)22(15)25(24(27)30)20-10-5-4-9-19(20)23(29)28(25)14-17-11-12-18(26)13-21(17)31-3/h4-13H,14H2,1-3H3,(H2,27,30). The highest BCUT2D eigenvalue weighted by Gasteiger charge is 2.56. The molecule has 1 heterocycles. The molecule has 3 aromatic carbocycles. The Bertz CT molecular complexity index is 1190. The minimum absolute atomic E-state index is 0.0215. The van der Waals surface area contributed by atoms with Gasteiger partial charge in [-0.2, -0.15) is 0 Å². The molecule has 3 aromatic rings. The Morgan fingerprint density at radius 2 is 1.74 bits per heavy atom. The van der Waals surface area contributed by atoms with Gasteiger partial charge in [0.05, 0.1) is 13.7 Å². The van der Waals surface area contributed by atoms with E-state index in [0.717, 1.165) is 11.1 Å². The summed E-state index contributed by atoms with van der Waals surface area (Å²) in [6.07, 6.45) is 0. The van der Waals surface area contributed by atoms with E-state index in [1.807, 2.05) is 32.0 Å². The first-order chi connectivity index (χ1) is 14.8. The zero-order chi connectivity index (χ0) is 22.3. The van der Waals surface area contributed by atoms with Crippen molar-refractivity contribution in [3.05, 3.63) is 99.9 Å². The zero-order valence-corrected chi connectivity index (χ0v) is 17.6. The van der Waals surface area contributed by atoms with E-state index in [9.17, 15) is 14.0 Å². The average Bonchev–Trinajstić information content (AvgIpc) is 2.99. The van der Waals surface area contributed by atoms with E-state index in [4.69, 9.17) is 10.5 Å². The van der Waals surface area contributed by atoms with E-state index < -0.39 is 17.3 Å². The molecule has 0 saturated heterocycles. The van der Waals surface area contributed by atoms with Crippen molar-refractivity contribution in [3.8, 4) is 5.75 Å². The molecule has 0 aliphatic carbocycles. The summed E-state index contributed by atoms with van der Waals surface area (Å²) >= 11 is 0. The summed E-state index contributed by atoms with van der Waals surface area (Å²) in [5.41, 5.74) is 8.51. The molecule has 0 radical (unpaired) electrons. The molecule has 0 spiro atoms. The summed E-state index contributed by atoms with van der Waals surface area (Å²) in [4.78, 5) is 28.3. The van der Waals surface area contributed by atoms with Crippen LogP contribution in [0.4, 0.5) is 4.39 Å². The van der Waals surface area contributed by atoms with Gasteiger partial charge >= 0.3 is 0 Å². The third kappa shape index (κ3) is 2.98. The number of hydrogen-bond acceptors (Lipinski definition) is 3. The number of carbonyl (C=O) groups is 2. The summed E-state index contributed by atoms with van der Waals surface area (Å²) < 4.78 is 19.1. The fourth-order valence-electron chi connectivity index (χ4n) is 4.68. The molecule has 2 amide bonds. The van der Waals surface area contributed by atoms with Gasteiger partial charge in [-0.1, -0.05) is 42.5 Å². The molecule has 0 aromatic heterocycles. The third-order valence-electron chi connectivity index (χ3n) is 5.97. The molecule has 4 rings (SSSR count). The normalized spacial score (nSPS) is 17.5. The number of fused-ring (bicyclic) bond motifs is 1. The molecule has 158 valence electrons. The van der Waals surface area contributed by atoms with Crippen LogP contribution in [0.1, 0.15) is 38.2 Å². The topological polar surface area (TPSA) is 72.6 Å². The number of nitrogens with zero attached hydrogens (tertiary/aromatic N) is 1. The van der Waals surface area contributed by atoms with Crippen LogP contribution in [0, 0.1) is 19.7 Å². The number of primary amides is 1. The van der Waals surface area contributed by atoms with Crippen LogP contribution in [-0.4, -0.2) is 23.8 Å². The van der Waals surface area contributed by atoms with Crippen molar-refractivity contribution in [1.82, 2.24) is 4.90 Å². The lowest BCUT2D eigenvalue weighted by Crippen LogP contribution is -2.54. The summed E-state index contributed by atoms with van der Waals surface area (Å²) in [7, 11) is 1.44. The Hall–Kier alpha value is -3.67. The Labute approximate surface area is 180 Å². The van der Waals surface area contributed by atoms with Crippen molar-refractivity contribution in [2.24, 2.45) is 5.73 Å². The molecular weight excluding hydrogens is 395 g/mol. The monoisotopic (exact) mass is 418 g/mol. The van der Waals surface area contributed by atoms with Gasteiger partial charge in [-0.15, -0.1) is 0 Å². The van der Waals surface area contributed by atoms with Gasteiger partial charge in [0.15, 0.2) is 5.54 Å². The van der Waals surface area contributed by atoms with Gasteiger partial charge in [-0.25, -0.2) is 4.39 Å². The maximum Gasteiger partial charge on any atom is 0.255 e. The molecule has 1 aliphatic rings. The van der Waals surface area contributed by atoms with Crippen molar-refractivity contribution in [2.45, 2.75) is 25.9 Å². The van der Waals surface area contributed by atoms with Gasteiger partial charge in [0.1, 0.15) is 11.6 Å². The van der Waals surface area contributed by atoms with Crippen LogP contribution in [0.5, 0.6) is 5.75 Å². The second-order valence-electron chi connectivity index (χ2n) is 7.73. The van der Waals surface area contributed by atoms with Crippen molar-refractivity contribution in [2.75, 3.05) is 7.11 Å². The van der Waals surface area contributed by atoms with Gasteiger partial charge in [0.2, 0.25) is 0 Å². The number of carbonyl (C=O) groups excluding carboxylic acids is 2. The lowest BCUT2D eigenvalue weighted by Gasteiger charge is -2.39. The molecule has 2 N–H and O–H groups in total. The van der Waals surface area contributed by atoms with E-state index >= 15 is 0 Å². The van der Waals surface area contributed by atoms with Crippen LogP contribution >= 0.6 is 0 Å². The highest BCUT2D eigenvalue weighted by molar-refractivity contribution is 6.08. The highest BCUT2D eigenvalue weighted by atomic mass is 19.1. The number of benzene rings is 3. The third-order valence-corrected chi connectivity index (χ3v) is 5.97. The number of rotatable bonds is 5. The van der Waals surface area contributed by atoms with Crippen LogP contribution < -0.4 is 10.5 Å². The van der Waals surface area contributed by atoms with Crippen LogP contribution in [0.3, 0.4) is 0 Å². The molecule has 0 fully saturated rings. The molecule has 6 heteroatoms. The predicted octanol–water partition coefficient (Wildman–Crippen LogP) is 3.84. The fraction of sp³-hybridized carbons (Fsp3) is 0.200. The van der Waals surface area contributed by atoms with Gasteiger partial charge < -0.3 is 15.4 Å². The first-order valence-electron chi connectivity index (χ1n) is 9.92. The molecule has 0 bridgehead atoms. The Kier molecular flexibility index (Phi) is 5.01. The Morgan fingerprint density at radius 3 is 2.39 bits per heavy atom. The van der Waals surface area contributed by atoms with Crippen LogP contribution in [0.2, 0.25) is 0 Å². The molecule has 1 atom stereocenters. The molecule has 31 heavy (non-hydrogen) atoms. The first kappa shape index (κ1) is 20.6. The van der Waals surface area contributed by atoms with Crippen molar-refractivity contribution in [3.63, 3.8) is 0 Å². The lowest BCUT2D eigenvalue weighted by molar-refractivity contribution is -0.126. The number of halogens is 1. The van der Waals surface area contributed by atoms with Crippen molar-refractivity contribution < 1.29 is 18.7 Å². The second-order valence-corrected chi connectivity index (χ2v) is 7.73. The molecular formula is C25H23FN2O3. The zero-order valence-electron chi connectivity index (χ0n) is 17.6. The molecule has 0 saturated carbocycles. The van der Waals surface area contributed by atoms with Gasteiger partial charge in [0.25, 0.3) is 11.8 Å². The lowest BCUT2D eigenvalue weighted by atomic mass is 9.77. The minimum atomic E-state index is -1.50. The quantitative estimate of drug-likeness (QED) is 0.684. The molecule has 5 nitrogen and oxygen atoms in total. The maximum atomic E-state index is 13.8. The van der Waals surface area contributed by atoms with Gasteiger partial charge in [0, 0.05) is 22.8 Å². The number of methoxy groups -OCH3 is 1. The van der Waals surface area contributed by atoms with E-state index in [-0.39, 0.29) is 12.5 Å². The Balaban J connectivity index is 2.02. The average molecular weight is 418 g/mol. The minimum Gasteiger partial charge on any atom is -0.496 e. The summed E-state index contributed by atoms with van der Waals surface area (Å²) in [6, 6.07) is 16.8. The van der Waals surface area contributed by atoms with E-state index in [2.05, 4.69) is 0 Å². The number of ether oxygens (including phenoxy) is 1. The van der Waals surface area contributed by atoms with E-state index in [1.165, 1.54) is 24.1 Å². The smallest absolute Gasteiger partial charge is 0.255 e. The van der Waals surface area contributed by atoms with E-state index in [0.29, 0.717) is 28.0 Å². The SMILES string of the molecule is COc1cc(F)ccc1CN1C(=O)c2ccccc2C1(C(N)=O)c1c(C)cccc1C. The number of amides is 2. The van der Waals surface area contributed by atoms with Crippen molar-refractivity contribution >= 4 is 11.8 Å². The molecule has 1 aliphatic heterocycles. The Morgan fingerprint density at radius 1 is 1.06 bits per heavy atom. The first-order valence-corrected chi connectivity index (χ1v) is 9.92. The highest BCUT2D eigenvalue weighted by Crippen LogP contribution is 2.47. The van der Waals surface area contributed by atoms with Crippen LogP contribution in [0.25, 0.3) is 0 Å². The summed E-state index contributed by atoms with van der Waals surface area (Å²) in [5, 5.41) is 0. The van der Waals surface area contributed by atoms with E-state index in [1.54, 1.807) is 30.3 Å².